The number of piperidine rings is 1. The largest absolute Gasteiger partial charge is 0.339 e. The van der Waals surface area contributed by atoms with Gasteiger partial charge in [-0.05, 0) is 49.2 Å². The zero-order valence-corrected chi connectivity index (χ0v) is 22.4. The molecule has 2 saturated heterocycles. The monoisotopic (exact) mass is 526 g/mol. The van der Waals surface area contributed by atoms with Crippen LogP contribution in [-0.2, 0) is 0 Å². The Morgan fingerprint density at radius 1 is 0.923 bits per heavy atom. The predicted molar refractivity (Wildman–Crippen MR) is 152 cm³/mol. The molecule has 2 amide bonds. The van der Waals surface area contributed by atoms with Crippen molar-refractivity contribution < 1.29 is 9.59 Å². The van der Waals surface area contributed by atoms with E-state index in [0.717, 1.165) is 63.5 Å². The van der Waals surface area contributed by atoms with Crippen LogP contribution in [0.5, 0.6) is 0 Å². The molecule has 39 heavy (non-hydrogen) atoms. The predicted octanol–water partition coefficient (Wildman–Crippen LogP) is 3.09. The normalized spacial score (nSPS) is 18.4. The minimum atomic E-state index is -0.103. The maximum Gasteiger partial charge on any atom is 0.260 e. The van der Waals surface area contributed by atoms with Gasteiger partial charge in [0.1, 0.15) is 5.69 Å². The molecular formula is C29H34N8O2. The van der Waals surface area contributed by atoms with E-state index in [1.807, 2.05) is 65.4 Å². The first-order chi connectivity index (χ1) is 19.0. The second kappa shape index (κ2) is 10.6. The summed E-state index contributed by atoms with van der Waals surface area (Å²) in [5.41, 5.74) is 3.50. The SMILES string of the molecule is CN1C(=O)c2ccccc2N(C)c2nc(Nc3ccc(C(=O)N4CCC(N5CCNCC5)CC4)cc3)ncc21. The van der Waals surface area contributed by atoms with Crippen molar-refractivity contribution in [3.05, 3.63) is 65.9 Å². The number of nitrogens with zero attached hydrogens (tertiary/aromatic N) is 6. The number of carbonyl (C=O) groups excluding carboxylic acids is 2. The number of aromatic nitrogens is 2. The molecule has 6 rings (SSSR count). The third kappa shape index (κ3) is 4.93. The van der Waals surface area contributed by atoms with Gasteiger partial charge in [-0.1, -0.05) is 12.1 Å². The van der Waals surface area contributed by atoms with Crippen LogP contribution >= 0.6 is 0 Å². The topological polar surface area (TPSA) is 96.9 Å². The van der Waals surface area contributed by atoms with Gasteiger partial charge in [-0.25, -0.2) is 4.98 Å². The molecule has 2 aromatic carbocycles. The molecular weight excluding hydrogens is 492 g/mol. The zero-order chi connectivity index (χ0) is 26.9. The highest BCUT2D eigenvalue weighted by Crippen LogP contribution is 2.38. The molecule has 4 heterocycles. The first-order valence-corrected chi connectivity index (χ1v) is 13.6. The molecule has 0 bridgehead atoms. The van der Waals surface area contributed by atoms with Crippen molar-refractivity contribution in [3.8, 4) is 0 Å². The fourth-order valence-corrected chi connectivity index (χ4v) is 5.75. The lowest BCUT2D eigenvalue weighted by Crippen LogP contribution is -2.52. The number of hydrogen-bond acceptors (Lipinski definition) is 8. The van der Waals surface area contributed by atoms with Crippen LogP contribution in [0.3, 0.4) is 0 Å². The average molecular weight is 527 g/mol. The number of carbonyl (C=O) groups is 2. The molecule has 0 unspecified atom stereocenters. The maximum atomic E-state index is 13.2. The van der Waals surface area contributed by atoms with E-state index in [0.29, 0.717) is 34.6 Å². The average Bonchev–Trinajstić information content (AvgIpc) is 3.07. The lowest BCUT2D eigenvalue weighted by molar-refractivity contribution is 0.0601. The smallest absolute Gasteiger partial charge is 0.260 e. The highest BCUT2D eigenvalue weighted by molar-refractivity contribution is 6.13. The summed E-state index contributed by atoms with van der Waals surface area (Å²) >= 11 is 0. The first kappa shape index (κ1) is 25.3. The van der Waals surface area contributed by atoms with Crippen molar-refractivity contribution >= 4 is 40.6 Å². The van der Waals surface area contributed by atoms with E-state index in [4.69, 9.17) is 4.98 Å². The minimum Gasteiger partial charge on any atom is -0.339 e. The van der Waals surface area contributed by atoms with E-state index in [2.05, 4.69) is 20.5 Å². The molecule has 1 aromatic heterocycles. The summed E-state index contributed by atoms with van der Waals surface area (Å²) in [6.45, 7) is 5.89. The Morgan fingerprint density at radius 2 is 1.64 bits per heavy atom. The Labute approximate surface area is 228 Å². The van der Waals surface area contributed by atoms with Gasteiger partial charge in [0, 0.05) is 70.7 Å². The summed E-state index contributed by atoms with van der Waals surface area (Å²) < 4.78 is 0. The van der Waals surface area contributed by atoms with Crippen LogP contribution in [0.15, 0.2) is 54.7 Å². The summed E-state index contributed by atoms with van der Waals surface area (Å²) in [6, 6.07) is 15.5. The molecule has 10 heteroatoms. The van der Waals surface area contributed by atoms with E-state index in [1.54, 1.807) is 18.1 Å². The zero-order valence-electron chi connectivity index (χ0n) is 22.4. The molecule has 0 radical (unpaired) electrons. The van der Waals surface area contributed by atoms with E-state index in [1.165, 1.54) is 0 Å². The Bertz CT molecular complexity index is 1360. The molecule has 202 valence electrons. The van der Waals surface area contributed by atoms with E-state index < -0.39 is 0 Å². The summed E-state index contributed by atoms with van der Waals surface area (Å²) in [4.78, 5) is 43.4. The van der Waals surface area contributed by atoms with Crippen molar-refractivity contribution in [1.29, 1.82) is 0 Å². The third-order valence-corrected chi connectivity index (χ3v) is 8.04. The first-order valence-electron chi connectivity index (χ1n) is 13.6. The fourth-order valence-electron chi connectivity index (χ4n) is 5.75. The fraction of sp³-hybridized carbons (Fsp3) is 0.379. The van der Waals surface area contributed by atoms with Gasteiger partial charge in [0.25, 0.3) is 11.8 Å². The van der Waals surface area contributed by atoms with E-state index in [9.17, 15) is 9.59 Å². The van der Waals surface area contributed by atoms with Gasteiger partial charge in [0.05, 0.1) is 17.4 Å². The van der Waals surface area contributed by atoms with Crippen LogP contribution < -0.4 is 20.4 Å². The molecule has 2 fully saturated rings. The number of benzene rings is 2. The van der Waals surface area contributed by atoms with Crippen LogP contribution in [-0.4, -0.2) is 91.0 Å². The highest BCUT2D eigenvalue weighted by atomic mass is 16.2. The van der Waals surface area contributed by atoms with Crippen molar-refractivity contribution in [3.63, 3.8) is 0 Å². The third-order valence-electron chi connectivity index (χ3n) is 8.04. The number of piperazine rings is 1. The number of para-hydroxylation sites is 1. The molecule has 3 aromatic rings. The highest BCUT2D eigenvalue weighted by Gasteiger charge is 2.30. The second-order valence-electron chi connectivity index (χ2n) is 10.4. The van der Waals surface area contributed by atoms with Gasteiger partial charge >= 0.3 is 0 Å². The number of rotatable bonds is 4. The van der Waals surface area contributed by atoms with Gasteiger partial charge in [-0.15, -0.1) is 0 Å². The Morgan fingerprint density at radius 3 is 2.38 bits per heavy atom. The quantitative estimate of drug-likeness (QED) is 0.536. The lowest BCUT2D eigenvalue weighted by atomic mass is 10.0. The molecule has 3 aliphatic rings. The number of amides is 2. The van der Waals surface area contributed by atoms with Crippen LogP contribution in [0.2, 0.25) is 0 Å². The van der Waals surface area contributed by atoms with Crippen LogP contribution in [0, 0.1) is 0 Å². The van der Waals surface area contributed by atoms with E-state index >= 15 is 0 Å². The van der Waals surface area contributed by atoms with Crippen molar-refractivity contribution in [2.45, 2.75) is 18.9 Å². The standard InChI is InChI=1S/C29H34N8O2/c1-34-24-6-4-3-5-23(24)28(39)35(2)25-19-31-29(33-26(25)34)32-21-9-7-20(8-10-21)27(38)37-15-11-22(12-16-37)36-17-13-30-14-18-36/h3-10,19,22,30H,11-18H2,1-2H3,(H,31,32,33). The molecule has 0 aliphatic carbocycles. The van der Waals surface area contributed by atoms with Gasteiger partial charge in [0.2, 0.25) is 5.95 Å². The van der Waals surface area contributed by atoms with Gasteiger partial charge in [-0.3, -0.25) is 14.5 Å². The Hall–Kier alpha value is -4.02. The van der Waals surface area contributed by atoms with Crippen molar-refractivity contribution in [2.24, 2.45) is 0 Å². The van der Waals surface area contributed by atoms with Gasteiger partial charge < -0.3 is 25.3 Å². The van der Waals surface area contributed by atoms with Crippen molar-refractivity contribution in [2.75, 3.05) is 68.5 Å². The molecule has 0 saturated carbocycles. The van der Waals surface area contributed by atoms with Crippen molar-refractivity contribution in [1.82, 2.24) is 25.1 Å². The Balaban J connectivity index is 1.13. The maximum absolute atomic E-state index is 13.2. The van der Waals surface area contributed by atoms with E-state index in [-0.39, 0.29) is 11.8 Å². The number of hydrogen-bond donors (Lipinski definition) is 2. The molecule has 3 aliphatic heterocycles. The molecule has 0 spiro atoms. The Kier molecular flexibility index (Phi) is 6.88. The van der Waals surface area contributed by atoms with Crippen LogP contribution in [0.1, 0.15) is 33.6 Å². The number of likely N-dealkylation sites (tertiary alicyclic amines) is 1. The summed E-state index contributed by atoms with van der Waals surface area (Å²) in [5.74, 6) is 1.02. The molecule has 10 nitrogen and oxygen atoms in total. The number of fused-ring (bicyclic) bond motifs is 2. The molecule has 0 atom stereocenters. The van der Waals surface area contributed by atoms with Gasteiger partial charge in [-0.2, -0.15) is 4.98 Å². The van der Waals surface area contributed by atoms with Crippen LogP contribution in [0.4, 0.5) is 28.8 Å². The summed E-state index contributed by atoms with van der Waals surface area (Å²) in [6.07, 6.45) is 3.72. The summed E-state index contributed by atoms with van der Waals surface area (Å²) in [7, 11) is 3.63. The number of nitrogens with one attached hydrogen (secondary N) is 2. The lowest BCUT2D eigenvalue weighted by Gasteiger charge is -2.40. The second-order valence-corrected chi connectivity index (χ2v) is 10.4. The number of anilines is 5. The molecule has 2 N–H and O–H groups in total. The minimum absolute atomic E-state index is 0.0783. The van der Waals surface area contributed by atoms with Gasteiger partial charge in [0.15, 0.2) is 5.82 Å². The van der Waals surface area contributed by atoms with Crippen LogP contribution in [0.25, 0.3) is 0 Å². The summed E-state index contributed by atoms with van der Waals surface area (Å²) in [5, 5.41) is 6.66.